The summed E-state index contributed by atoms with van der Waals surface area (Å²) in [5.41, 5.74) is -0.463. The van der Waals surface area contributed by atoms with Crippen LogP contribution in [0.2, 0.25) is 0 Å². The van der Waals surface area contributed by atoms with Gasteiger partial charge >= 0.3 is 11.9 Å². The second-order valence-corrected chi connectivity index (χ2v) is 4.50. The summed E-state index contributed by atoms with van der Waals surface area (Å²) in [6.45, 7) is 4.64. The number of hydrogen-bond acceptors (Lipinski definition) is 6. The molecule has 0 radical (unpaired) electrons. The monoisotopic (exact) mass is 280 g/mol. The van der Waals surface area contributed by atoms with Crippen molar-refractivity contribution < 1.29 is 23.5 Å². The highest BCUT2D eigenvalue weighted by atomic mass is 16.5. The smallest absolute Gasteiger partial charge is 0.358 e. The molecule has 1 N–H and O–H groups in total. The summed E-state index contributed by atoms with van der Waals surface area (Å²) in [6, 6.07) is 1.52. The van der Waals surface area contributed by atoms with Crippen LogP contribution in [-0.2, 0) is 19.1 Å². The number of ether oxygens (including phenoxy) is 2. The van der Waals surface area contributed by atoms with Crippen molar-refractivity contribution in [2.24, 2.45) is 0 Å². The first-order valence-electron chi connectivity index (χ1n) is 5.84. The van der Waals surface area contributed by atoms with Gasteiger partial charge in [-0.3, -0.25) is 5.41 Å². The Labute approximate surface area is 117 Å². The molecule has 0 atom stereocenters. The number of nitrogens with zero attached hydrogens (tertiary/aromatic N) is 2. The summed E-state index contributed by atoms with van der Waals surface area (Å²) >= 11 is 0. The fourth-order valence-corrected chi connectivity index (χ4v) is 1.15. The lowest BCUT2D eigenvalue weighted by Gasteiger charge is -2.29. The molecule has 7 heteroatoms. The van der Waals surface area contributed by atoms with Gasteiger partial charge in [-0.25, -0.2) is 9.59 Å². The van der Waals surface area contributed by atoms with Crippen LogP contribution in [0.5, 0.6) is 0 Å². The maximum absolute atomic E-state index is 11.3. The standard InChI is InChI=1S/C13H18N3O4/c1-4-12(17)19-7-5-16(2,3)6-8-20-13(18)11(9-14)10-15/h4,14H,1,5-8H2,2-3H3/q+1. The molecule has 0 unspecified atom stereocenters. The van der Waals surface area contributed by atoms with Gasteiger partial charge in [-0.15, -0.1) is 0 Å². The van der Waals surface area contributed by atoms with Crippen LogP contribution in [0.15, 0.2) is 18.2 Å². The quantitative estimate of drug-likeness (QED) is 0.222. The Morgan fingerprint density at radius 3 is 2.30 bits per heavy atom. The minimum atomic E-state index is -0.861. The van der Waals surface area contributed by atoms with Crippen molar-refractivity contribution in [3.63, 3.8) is 0 Å². The van der Waals surface area contributed by atoms with Gasteiger partial charge in [0.25, 0.3) is 0 Å². The van der Waals surface area contributed by atoms with E-state index in [0.717, 1.165) is 6.08 Å². The fraction of sp³-hybridized carbons (Fsp3) is 0.462. The van der Waals surface area contributed by atoms with Crippen molar-refractivity contribution in [1.82, 2.24) is 0 Å². The first kappa shape index (κ1) is 17.6. The molecule has 0 aliphatic heterocycles. The highest BCUT2D eigenvalue weighted by molar-refractivity contribution is 6.01. The van der Waals surface area contributed by atoms with Crippen LogP contribution in [0.4, 0.5) is 0 Å². The van der Waals surface area contributed by atoms with Gasteiger partial charge in [0.15, 0.2) is 5.57 Å². The average molecular weight is 280 g/mol. The van der Waals surface area contributed by atoms with Crippen LogP contribution in [0.3, 0.4) is 0 Å². The van der Waals surface area contributed by atoms with Crippen molar-refractivity contribution >= 4 is 17.8 Å². The first-order valence-corrected chi connectivity index (χ1v) is 5.84. The van der Waals surface area contributed by atoms with Crippen molar-refractivity contribution in [2.45, 2.75) is 0 Å². The van der Waals surface area contributed by atoms with Gasteiger partial charge in [0, 0.05) is 11.9 Å². The summed E-state index contributed by atoms with van der Waals surface area (Å²) in [5.74, 6) is 0.370. The van der Waals surface area contributed by atoms with Crippen molar-refractivity contribution in [3.8, 4) is 6.07 Å². The van der Waals surface area contributed by atoms with E-state index in [4.69, 9.17) is 20.1 Å². The topological polar surface area (TPSA) is 100 Å². The Morgan fingerprint density at radius 1 is 1.30 bits per heavy atom. The predicted molar refractivity (Wildman–Crippen MR) is 70.8 cm³/mol. The molecule has 7 nitrogen and oxygen atoms in total. The third-order valence-electron chi connectivity index (χ3n) is 2.48. The van der Waals surface area contributed by atoms with Crippen molar-refractivity contribution in [3.05, 3.63) is 18.2 Å². The van der Waals surface area contributed by atoms with E-state index in [1.165, 1.54) is 6.07 Å². The molecule has 0 aliphatic carbocycles. The molecular formula is C13H18N3O4+. The summed E-state index contributed by atoms with van der Waals surface area (Å²) < 4.78 is 10.2. The Kier molecular flexibility index (Phi) is 7.60. The lowest BCUT2D eigenvalue weighted by Crippen LogP contribution is -2.45. The molecule has 0 saturated heterocycles. The van der Waals surface area contributed by atoms with Gasteiger partial charge in [0.05, 0.1) is 14.1 Å². The van der Waals surface area contributed by atoms with E-state index in [9.17, 15) is 9.59 Å². The van der Waals surface area contributed by atoms with Crippen molar-refractivity contribution in [1.29, 1.82) is 10.7 Å². The minimum absolute atomic E-state index is 0.0914. The zero-order valence-corrected chi connectivity index (χ0v) is 11.6. The number of carbonyl (C=O) groups is 2. The number of nitriles is 1. The third-order valence-corrected chi connectivity index (χ3v) is 2.48. The molecule has 0 bridgehead atoms. The summed E-state index contributed by atoms with van der Waals surface area (Å²) in [6.07, 6.45) is 1.09. The van der Waals surface area contributed by atoms with Crippen LogP contribution in [0.25, 0.3) is 0 Å². The Balaban J connectivity index is 4.08. The van der Waals surface area contributed by atoms with Gasteiger partial charge < -0.3 is 14.0 Å². The Morgan fingerprint density at radius 2 is 1.85 bits per heavy atom. The van der Waals surface area contributed by atoms with Gasteiger partial charge in [-0.2, -0.15) is 5.26 Å². The second kappa shape index (κ2) is 8.64. The van der Waals surface area contributed by atoms with E-state index >= 15 is 0 Å². The molecule has 0 aromatic heterocycles. The SMILES string of the molecule is C=CC(=O)OCC[N+](C)(C)CCOC(=O)C(=C=N)C#N. The average Bonchev–Trinajstić information content (AvgIpc) is 2.39. The molecule has 0 spiro atoms. The number of carbonyl (C=O) groups excluding carboxylic acids is 2. The van der Waals surface area contributed by atoms with E-state index in [1.807, 2.05) is 14.1 Å². The predicted octanol–water partition coefficient (Wildman–Crippen LogP) is 0.0337. The number of quaternary nitrogens is 1. The molecule has 108 valence electrons. The molecule has 0 heterocycles. The lowest BCUT2D eigenvalue weighted by atomic mass is 10.3. The van der Waals surface area contributed by atoms with Crippen LogP contribution in [-0.4, -0.2) is 62.7 Å². The highest BCUT2D eigenvalue weighted by Gasteiger charge is 2.18. The summed E-state index contributed by atoms with van der Waals surface area (Å²) in [4.78, 5) is 22.1. The number of esters is 2. The molecule has 0 saturated carbocycles. The Bertz CT molecular complexity index is 470. The van der Waals surface area contributed by atoms with Gasteiger partial charge in [-0.05, 0) is 0 Å². The van der Waals surface area contributed by atoms with Crippen LogP contribution >= 0.6 is 0 Å². The zero-order chi connectivity index (χ0) is 15.6. The third kappa shape index (κ3) is 7.11. The molecule has 20 heavy (non-hydrogen) atoms. The molecular weight excluding hydrogens is 262 g/mol. The van der Waals surface area contributed by atoms with Crippen LogP contribution < -0.4 is 0 Å². The second-order valence-electron chi connectivity index (χ2n) is 4.50. The largest absolute Gasteiger partial charge is 0.457 e. The summed E-state index contributed by atoms with van der Waals surface area (Å²) in [7, 11) is 3.76. The first-order chi connectivity index (χ1) is 9.36. The van der Waals surface area contributed by atoms with E-state index in [2.05, 4.69) is 6.58 Å². The Hall–Kier alpha value is -2.42. The van der Waals surface area contributed by atoms with Gasteiger partial charge in [0.1, 0.15) is 32.4 Å². The number of nitrogens with one attached hydrogen (secondary N) is 1. The van der Waals surface area contributed by atoms with Crippen molar-refractivity contribution in [2.75, 3.05) is 40.4 Å². The van der Waals surface area contributed by atoms with E-state index in [-0.39, 0.29) is 13.2 Å². The minimum Gasteiger partial charge on any atom is -0.457 e. The normalized spacial score (nSPS) is 9.85. The van der Waals surface area contributed by atoms with E-state index < -0.39 is 17.5 Å². The molecule has 0 aromatic rings. The van der Waals surface area contributed by atoms with Crippen LogP contribution in [0.1, 0.15) is 0 Å². The molecule has 0 rings (SSSR count). The van der Waals surface area contributed by atoms with Gasteiger partial charge in [-0.1, -0.05) is 6.58 Å². The molecule has 0 aliphatic rings. The highest BCUT2D eigenvalue weighted by Crippen LogP contribution is 1.99. The zero-order valence-electron chi connectivity index (χ0n) is 11.6. The molecule has 0 amide bonds. The molecule has 0 aromatic carbocycles. The number of likely N-dealkylation sites (N-methyl/N-ethyl adjacent to an activating group) is 1. The van der Waals surface area contributed by atoms with Crippen LogP contribution in [0, 0.1) is 16.7 Å². The summed E-state index contributed by atoms with van der Waals surface area (Å²) in [5, 5.41) is 15.2. The van der Waals surface area contributed by atoms with E-state index in [1.54, 1.807) is 5.87 Å². The molecule has 0 fully saturated rings. The van der Waals surface area contributed by atoms with E-state index in [0.29, 0.717) is 17.6 Å². The lowest BCUT2D eigenvalue weighted by molar-refractivity contribution is -0.890. The fourth-order valence-electron chi connectivity index (χ4n) is 1.15. The van der Waals surface area contributed by atoms with Gasteiger partial charge in [0.2, 0.25) is 0 Å². The number of hydrogen-bond donors (Lipinski definition) is 1. The number of rotatable bonds is 8. The maximum Gasteiger partial charge on any atom is 0.358 e. The maximum atomic E-state index is 11.3.